The monoisotopic (exact) mass is 425 g/mol. The highest BCUT2D eigenvalue weighted by Gasteiger charge is 2.14. The van der Waals surface area contributed by atoms with Crippen molar-refractivity contribution in [1.29, 1.82) is 0 Å². The lowest BCUT2D eigenvalue weighted by Gasteiger charge is -2.07. The summed E-state index contributed by atoms with van der Waals surface area (Å²) in [4.78, 5) is 12.2. The predicted octanol–water partition coefficient (Wildman–Crippen LogP) is 3.22. The minimum Gasteiger partial charge on any atom is -0.497 e. The van der Waals surface area contributed by atoms with Gasteiger partial charge in [-0.25, -0.2) is 5.43 Å². The molecule has 0 saturated heterocycles. The summed E-state index contributed by atoms with van der Waals surface area (Å²) < 4.78 is 12.5. The Morgan fingerprint density at radius 3 is 2.67 bits per heavy atom. The molecule has 0 aliphatic heterocycles. The third-order valence-electron chi connectivity index (χ3n) is 4.23. The molecule has 8 nitrogen and oxygen atoms in total. The van der Waals surface area contributed by atoms with Crippen LogP contribution in [0.3, 0.4) is 0 Å². The fourth-order valence-corrected chi connectivity index (χ4v) is 3.54. The van der Waals surface area contributed by atoms with E-state index in [1.807, 2.05) is 41.8 Å². The number of benzene rings is 2. The number of carbonyl (C=O) groups is 1. The molecule has 0 radical (unpaired) electrons. The number of hydrazone groups is 1. The normalized spacial score (nSPS) is 10.9. The van der Waals surface area contributed by atoms with Crippen LogP contribution in [0.15, 0.2) is 58.8 Å². The number of hydrogen-bond donors (Lipinski definition) is 1. The zero-order valence-electron chi connectivity index (χ0n) is 17.0. The van der Waals surface area contributed by atoms with E-state index in [2.05, 4.69) is 20.7 Å². The van der Waals surface area contributed by atoms with Crippen LogP contribution < -0.4 is 14.9 Å². The molecule has 2 aromatic carbocycles. The molecule has 0 bridgehead atoms. The Morgan fingerprint density at radius 2 is 1.97 bits per heavy atom. The number of carbonyl (C=O) groups excluding carboxylic acids is 1. The van der Waals surface area contributed by atoms with Crippen molar-refractivity contribution in [2.45, 2.75) is 18.6 Å². The lowest BCUT2D eigenvalue weighted by molar-refractivity contribution is -0.118. The summed E-state index contributed by atoms with van der Waals surface area (Å²) in [6.45, 7) is 2.73. The number of methoxy groups -OCH3 is 2. The van der Waals surface area contributed by atoms with E-state index in [4.69, 9.17) is 9.47 Å². The topological polar surface area (TPSA) is 90.6 Å². The molecular formula is C21H23N5O3S. The van der Waals surface area contributed by atoms with Gasteiger partial charge >= 0.3 is 0 Å². The molecule has 0 unspecified atom stereocenters. The summed E-state index contributed by atoms with van der Waals surface area (Å²) in [5, 5.41) is 13.2. The first-order valence-electron chi connectivity index (χ1n) is 9.31. The molecule has 0 saturated carbocycles. The van der Waals surface area contributed by atoms with Crippen LogP contribution in [-0.2, 0) is 11.3 Å². The van der Waals surface area contributed by atoms with Gasteiger partial charge in [0.1, 0.15) is 11.5 Å². The van der Waals surface area contributed by atoms with Crippen molar-refractivity contribution < 1.29 is 14.3 Å². The third-order valence-corrected chi connectivity index (χ3v) is 5.20. The van der Waals surface area contributed by atoms with Gasteiger partial charge in [-0.05, 0) is 19.1 Å². The Hall–Kier alpha value is -3.33. The fourth-order valence-electron chi connectivity index (χ4n) is 2.74. The first-order chi connectivity index (χ1) is 14.7. The van der Waals surface area contributed by atoms with Crippen LogP contribution in [0.1, 0.15) is 12.5 Å². The molecule has 1 heterocycles. The number of rotatable bonds is 9. The van der Waals surface area contributed by atoms with Crippen LogP contribution in [0.2, 0.25) is 0 Å². The highest BCUT2D eigenvalue weighted by Crippen LogP contribution is 2.24. The minimum atomic E-state index is -0.240. The van der Waals surface area contributed by atoms with E-state index in [1.165, 1.54) is 18.0 Å². The quantitative estimate of drug-likeness (QED) is 0.322. The maximum absolute atomic E-state index is 12.2. The van der Waals surface area contributed by atoms with Gasteiger partial charge in [-0.2, -0.15) is 5.10 Å². The molecule has 0 atom stereocenters. The molecule has 30 heavy (non-hydrogen) atoms. The van der Waals surface area contributed by atoms with Crippen molar-refractivity contribution >= 4 is 23.9 Å². The molecule has 0 spiro atoms. The number of nitrogens with one attached hydrogen (secondary N) is 1. The van der Waals surface area contributed by atoms with Crippen molar-refractivity contribution in [3.8, 4) is 22.9 Å². The van der Waals surface area contributed by atoms with E-state index in [0.29, 0.717) is 23.2 Å². The van der Waals surface area contributed by atoms with Crippen molar-refractivity contribution in [3.63, 3.8) is 0 Å². The lowest BCUT2D eigenvalue weighted by Crippen LogP contribution is -2.20. The molecule has 0 aliphatic rings. The SMILES string of the molecule is CCn1c(SCC(=O)NN=Cc2ccc(OC)cc2OC)nnc1-c1ccccc1. The highest BCUT2D eigenvalue weighted by atomic mass is 32.2. The van der Waals surface area contributed by atoms with Gasteiger partial charge in [-0.3, -0.25) is 4.79 Å². The Morgan fingerprint density at radius 1 is 1.17 bits per heavy atom. The van der Waals surface area contributed by atoms with Crippen molar-refractivity contribution in [3.05, 3.63) is 54.1 Å². The van der Waals surface area contributed by atoms with Gasteiger partial charge < -0.3 is 14.0 Å². The van der Waals surface area contributed by atoms with E-state index >= 15 is 0 Å². The van der Waals surface area contributed by atoms with Gasteiger partial charge in [0, 0.05) is 23.7 Å². The summed E-state index contributed by atoms with van der Waals surface area (Å²) in [5.74, 6) is 2.00. The molecular weight excluding hydrogens is 402 g/mol. The van der Waals surface area contributed by atoms with Gasteiger partial charge in [0.15, 0.2) is 11.0 Å². The second-order valence-electron chi connectivity index (χ2n) is 6.11. The van der Waals surface area contributed by atoms with Gasteiger partial charge in [0.25, 0.3) is 5.91 Å². The average molecular weight is 426 g/mol. The van der Waals surface area contributed by atoms with Crippen molar-refractivity contribution in [2.24, 2.45) is 5.10 Å². The zero-order chi connectivity index (χ0) is 21.3. The van der Waals surface area contributed by atoms with Crippen LogP contribution in [0, 0.1) is 0 Å². The first kappa shape index (κ1) is 21.4. The van der Waals surface area contributed by atoms with Crippen LogP contribution in [0.4, 0.5) is 0 Å². The van der Waals surface area contributed by atoms with Gasteiger partial charge in [0.2, 0.25) is 0 Å². The van der Waals surface area contributed by atoms with E-state index in [9.17, 15) is 4.79 Å². The molecule has 1 N–H and O–H groups in total. The second kappa shape index (κ2) is 10.4. The number of amides is 1. The Balaban J connectivity index is 1.59. The Bertz CT molecular complexity index is 1020. The summed E-state index contributed by atoms with van der Waals surface area (Å²) in [5.41, 5.74) is 4.24. The summed E-state index contributed by atoms with van der Waals surface area (Å²) in [7, 11) is 3.15. The van der Waals surface area contributed by atoms with Crippen molar-refractivity contribution in [1.82, 2.24) is 20.2 Å². The second-order valence-corrected chi connectivity index (χ2v) is 7.05. The van der Waals surface area contributed by atoms with Crippen molar-refractivity contribution in [2.75, 3.05) is 20.0 Å². The van der Waals surface area contributed by atoms with E-state index in [-0.39, 0.29) is 11.7 Å². The molecule has 3 rings (SSSR count). The number of hydrogen-bond acceptors (Lipinski definition) is 7. The summed E-state index contributed by atoms with van der Waals surface area (Å²) >= 11 is 1.32. The number of ether oxygens (including phenoxy) is 2. The molecule has 3 aromatic rings. The van der Waals surface area contributed by atoms with Crippen LogP contribution in [0.5, 0.6) is 11.5 Å². The molecule has 1 amide bonds. The third kappa shape index (κ3) is 5.18. The molecule has 0 fully saturated rings. The van der Waals surface area contributed by atoms with Crippen LogP contribution >= 0.6 is 11.8 Å². The van der Waals surface area contributed by atoms with Crippen LogP contribution in [0.25, 0.3) is 11.4 Å². The summed E-state index contributed by atoms with van der Waals surface area (Å²) in [6.07, 6.45) is 1.53. The lowest BCUT2D eigenvalue weighted by atomic mass is 10.2. The zero-order valence-corrected chi connectivity index (χ0v) is 17.8. The fraction of sp³-hybridized carbons (Fsp3) is 0.238. The van der Waals surface area contributed by atoms with Crippen LogP contribution in [-0.4, -0.2) is 46.9 Å². The van der Waals surface area contributed by atoms with E-state index in [1.54, 1.807) is 32.4 Å². The smallest absolute Gasteiger partial charge is 0.250 e. The largest absolute Gasteiger partial charge is 0.497 e. The molecule has 156 valence electrons. The average Bonchev–Trinajstić information content (AvgIpc) is 3.21. The Kier molecular flexibility index (Phi) is 7.45. The van der Waals surface area contributed by atoms with Gasteiger partial charge in [0.05, 0.1) is 26.2 Å². The maximum atomic E-state index is 12.2. The molecule has 0 aliphatic carbocycles. The number of nitrogens with zero attached hydrogens (tertiary/aromatic N) is 4. The molecule has 9 heteroatoms. The first-order valence-corrected chi connectivity index (χ1v) is 10.3. The Labute approximate surface area is 179 Å². The highest BCUT2D eigenvalue weighted by molar-refractivity contribution is 7.99. The standard InChI is InChI=1S/C21H23N5O3S/c1-4-26-20(15-8-6-5-7-9-15)24-25-21(26)30-14-19(27)23-22-13-16-10-11-17(28-2)12-18(16)29-3/h5-13H,4,14H2,1-3H3,(H,23,27). The van der Waals surface area contributed by atoms with Gasteiger partial charge in [-0.15, -0.1) is 10.2 Å². The van der Waals surface area contributed by atoms with E-state index < -0.39 is 0 Å². The number of aromatic nitrogens is 3. The number of thioether (sulfide) groups is 1. The molecule has 1 aromatic heterocycles. The van der Waals surface area contributed by atoms with E-state index in [0.717, 1.165) is 17.0 Å². The minimum absolute atomic E-state index is 0.171. The van der Waals surface area contributed by atoms with Gasteiger partial charge in [-0.1, -0.05) is 42.1 Å². The predicted molar refractivity (Wildman–Crippen MR) is 117 cm³/mol. The summed E-state index contributed by atoms with van der Waals surface area (Å²) in [6, 6.07) is 15.2. The maximum Gasteiger partial charge on any atom is 0.250 e.